The second-order valence-corrected chi connectivity index (χ2v) is 13.4. The third kappa shape index (κ3) is 9.14. The standard InChI is InChI=1S/C18H32GeO6/c1-16(2,3)20-23-19(24-21-17(4,5)6,25-22-18(7,8)9)15-13-11-10-12-14-15/h10-14H,1-9H3. The van der Waals surface area contributed by atoms with Crippen molar-refractivity contribution >= 4 is 18.7 Å². The molecule has 0 saturated carbocycles. The zero-order valence-electron chi connectivity index (χ0n) is 16.8. The van der Waals surface area contributed by atoms with Gasteiger partial charge in [0.05, 0.1) is 0 Å². The number of benzene rings is 1. The molecule has 0 bridgehead atoms. The van der Waals surface area contributed by atoms with Gasteiger partial charge in [0.15, 0.2) is 0 Å². The van der Waals surface area contributed by atoms with Gasteiger partial charge in [-0.05, 0) is 0 Å². The monoisotopic (exact) mass is 418 g/mol. The van der Waals surface area contributed by atoms with Crippen LogP contribution in [0.3, 0.4) is 0 Å². The van der Waals surface area contributed by atoms with Crippen LogP contribution >= 0.6 is 0 Å². The average Bonchev–Trinajstić information content (AvgIpc) is 2.45. The Balaban J connectivity index is 3.19. The van der Waals surface area contributed by atoms with Gasteiger partial charge in [-0.3, -0.25) is 0 Å². The van der Waals surface area contributed by atoms with Gasteiger partial charge in [-0.1, -0.05) is 0 Å². The van der Waals surface area contributed by atoms with Crippen molar-refractivity contribution in [2.75, 3.05) is 0 Å². The quantitative estimate of drug-likeness (QED) is 0.379. The van der Waals surface area contributed by atoms with Crippen LogP contribution in [0.25, 0.3) is 0 Å². The topological polar surface area (TPSA) is 55.4 Å². The predicted octanol–water partition coefficient (Wildman–Crippen LogP) is 4.07. The van der Waals surface area contributed by atoms with Crippen LogP contribution in [-0.2, 0) is 26.4 Å². The Morgan fingerprint density at radius 3 is 1.16 bits per heavy atom. The van der Waals surface area contributed by atoms with Crippen molar-refractivity contribution in [1.29, 1.82) is 0 Å². The van der Waals surface area contributed by atoms with Gasteiger partial charge in [-0.2, -0.15) is 0 Å². The molecule has 25 heavy (non-hydrogen) atoms. The summed E-state index contributed by atoms with van der Waals surface area (Å²) in [6.45, 7) is 16.9. The van der Waals surface area contributed by atoms with Crippen LogP contribution in [0.5, 0.6) is 0 Å². The SMILES string of the molecule is CC(C)(C)O[O][Ge]([O]OC(C)(C)C)([O]OC(C)(C)C)[c]1ccccc1. The molecular weight excluding hydrogens is 385 g/mol. The number of hydrogen-bond donors (Lipinski definition) is 0. The van der Waals surface area contributed by atoms with Crippen LogP contribution in [0.2, 0.25) is 0 Å². The molecule has 0 aliphatic rings. The molecule has 0 heterocycles. The molecule has 0 amide bonds. The molecule has 1 aromatic rings. The summed E-state index contributed by atoms with van der Waals surface area (Å²) in [5, 5.41) is 0. The Morgan fingerprint density at radius 1 is 0.560 bits per heavy atom. The summed E-state index contributed by atoms with van der Waals surface area (Å²) >= 11 is -4.30. The van der Waals surface area contributed by atoms with Crippen molar-refractivity contribution in [3.05, 3.63) is 30.3 Å². The van der Waals surface area contributed by atoms with Gasteiger partial charge in [-0.15, -0.1) is 0 Å². The Hall–Kier alpha value is -0.477. The Kier molecular flexibility index (Phi) is 7.65. The van der Waals surface area contributed by atoms with Gasteiger partial charge in [-0.25, -0.2) is 0 Å². The third-order valence-electron chi connectivity index (χ3n) is 2.33. The van der Waals surface area contributed by atoms with E-state index in [1.807, 2.05) is 92.6 Å². The summed E-state index contributed by atoms with van der Waals surface area (Å²) < 4.78 is 18.0. The maximum atomic E-state index is 5.76. The van der Waals surface area contributed by atoms with E-state index < -0.39 is 31.1 Å². The third-order valence-corrected chi connectivity index (χ3v) is 6.42. The van der Waals surface area contributed by atoms with Crippen LogP contribution in [0.15, 0.2) is 30.3 Å². The first-order chi connectivity index (χ1) is 11.2. The molecule has 144 valence electrons. The molecular formula is C18H32GeO6. The van der Waals surface area contributed by atoms with Crippen molar-refractivity contribution < 1.29 is 26.4 Å². The fraction of sp³-hybridized carbons (Fsp3) is 0.667. The molecule has 0 aliphatic heterocycles. The number of hydrogen-bond acceptors (Lipinski definition) is 6. The summed E-state index contributed by atoms with van der Waals surface area (Å²) in [4.78, 5) is 16.7. The van der Waals surface area contributed by atoms with Crippen LogP contribution in [0.1, 0.15) is 62.3 Å². The van der Waals surface area contributed by atoms with Crippen LogP contribution < -0.4 is 4.40 Å². The van der Waals surface area contributed by atoms with Crippen molar-refractivity contribution in [2.45, 2.75) is 79.1 Å². The minimum absolute atomic E-state index is 0.554. The summed E-state index contributed by atoms with van der Waals surface area (Å²) in [7, 11) is 0. The van der Waals surface area contributed by atoms with E-state index >= 15 is 0 Å². The first-order valence-corrected chi connectivity index (χ1v) is 12.0. The molecule has 0 saturated heterocycles. The predicted molar refractivity (Wildman–Crippen MR) is 97.6 cm³/mol. The van der Waals surface area contributed by atoms with Crippen molar-refractivity contribution in [2.24, 2.45) is 0 Å². The second kappa shape index (κ2) is 8.48. The van der Waals surface area contributed by atoms with Crippen molar-refractivity contribution in [3.8, 4) is 0 Å². The van der Waals surface area contributed by atoms with Crippen LogP contribution in [-0.4, -0.2) is 31.1 Å². The molecule has 0 N–H and O–H groups in total. The number of rotatable bonds is 7. The molecule has 7 heteroatoms. The van der Waals surface area contributed by atoms with E-state index in [0.29, 0.717) is 4.40 Å². The van der Waals surface area contributed by atoms with Gasteiger partial charge < -0.3 is 0 Å². The second-order valence-electron chi connectivity index (χ2n) is 8.76. The molecule has 1 rings (SSSR count). The first-order valence-electron chi connectivity index (χ1n) is 8.39. The van der Waals surface area contributed by atoms with E-state index in [1.165, 1.54) is 0 Å². The molecule has 0 aliphatic carbocycles. The van der Waals surface area contributed by atoms with E-state index in [2.05, 4.69) is 0 Å². The molecule has 0 aromatic heterocycles. The summed E-state index contributed by atoms with van der Waals surface area (Å²) in [6, 6.07) is 9.35. The fourth-order valence-electron chi connectivity index (χ4n) is 1.37. The van der Waals surface area contributed by atoms with E-state index in [4.69, 9.17) is 26.4 Å². The molecule has 1 aromatic carbocycles. The van der Waals surface area contributed by atoms with E-state index in [0.717, 1.165) is 0 Å². The molecule has 0 fully saturated rings. The Morgan fingerprint density at radius 2 is 0.880 bits per heavy atom. The molecule has 0 radical (unpaired) electrons. The average molecular weight is 417 g/mol. The summed E-state index contributed by atoms with van der Waals surface area (Å²) in [5.74, 6) is 0. The van der Waals surface area contributed by atoms with Gasteiger partial charge in [0.1, 0.15) is 0 Å². The zero-order chi connectivity index (χ0) is 19.4. The molecule has 0 unspecified atom stereocenters. The Bertz CT molecular complexity index is 468. The fourth-order valence-corrected chi connectivity index (χ4v) is 5.67. The van der Waals surface area contributed by atoms with E-state index in [-0.39, 0.29) is 0 Å². The van der Waals surface area contributed by atoms with Crippen molar-refractivity contribution in [1.82, 2.24) is 0 Å². The summed E-state index contributed by atoms with van der Waals surface area (Å²) in [6.07, 6.45) is 0. The Labute approximate surface area is 154 Å². The van der Waals surface area contributed by atoms with Crippen molar-refractivity contribution in [3.63, 3.8) is 0 Å². The van der Waals surface area contributed by atoms with Gasteiger partial charge in [0.2, 0.25) is 0 Å². The maximum absolute atomic E-state index is 5.76. The minimum atomic E-state index is -4.30. The van der Waals surface area contributed by atoms with Gasteiger partial charge in [0, 0.05) is 0 Å². The van der Waals surface area contributed by atoms with Gasteiger partial charge >= 0.3 is 155 Å². The van der Waals surface area contributed by atoms with E-state index in [1.54, 1.807) is 0 Å². The van der Waals surface area contributed by atoms with Crippen LogP contribution in [0, 0.1) is 0 Å². The zero-order valence-corrected chi connectivity index (χ0v) is 18.9. The molecule has 0 atom stereocenters. The summed E-state index contributed by atoms with van der Waals surface area (Å²) in [5.41, 5.74) is -1.66. The molecule has 0 spiro atoms. The molecule has 6 nitrogen and oxygen atoms in total. The van der Waals surface area contributed by atoms with E-state index in [9.17, 15) is 0 Å². The normalized spacial score (nSPS) is 14.0. The van der Waals surface area contributed by atoms with Gasteiger partial charge in [0.25, 0.3) is 0 Å². The van der Waals surface area contributed by atoms with Crippen LogP contribution in [0.4, 0.5) is 0 Å². The first kappa shape index (κ1) is 22.6.